The fraction of sp³-hybridized carbons (Fsp3) is 0.778. The second-order valence-corrected chi connectivity index (χ2v) is 5.84. The molecule has 0 spiro atoms. The molecule has 0 radical (unpaired) electrons. The SMILES string of the molecule is COC(=O)CS(=O)(=O)N1CCC[C@@H](C(=O)O)C1. The fourth-order valence-corrected chi connectivity index (χ4v) is 3.11. The van der Waals surface area contributed by atoms with Crippen molar-refractivity contribution in [1.29, 1.82) is 0 Å². The first-order valence-electron chi connectivity index (χ1n) is 5.14. The minimum Gasteiger partial charge on any atom is -0.481 e. The summed E-state index contributed by atoms with van der Waals surface area (Å²) in [5.74, 6) is -3.29. The number of esters is 1. The lowest BCUT2D eigenvalue weighted by molar-refractivity contribution is -0.142. The molecule has 17 heavy (non-hydrogen) atoms. The molecule has 7 nitrogen and oxygen atoms in total. The molecule has 1 aliphatic heterocycles. The minimum absolute atomic E-state index is 0.0747. The molecule has 1 saturated heterocycles. The van der Waals surface area contributed by atoms with Crippen molar-refractivity contribution >= 4 is 22.0 Å². The van der Waals surface area contributed by atoms with Crippen LogP contribution in [0, 0.1) is 5.92 Å². The van der Waals surface area contributed by atoms with Gasteiger partial charge in [-0.2, -0.15) is 0 Å². The first-order chi connectivity index (χ1) is 7.86. The number of carboxylic acid groups (broad SMARTS) is 1. The molecule has 98 valence electrons. The maximum absolute atomic E-state index is 11.8. The van der Waals surface area contributed by atoms with Crippen molar-refractivity contribution in [2.24, 2.45) is 5.92 Å². The van der Waals surface area contributed by atoms with E-state index in [1.807, 2.05) is 0 Å². The summed E-state index contributed by atoms with van der Waals surface area (Å²) in [5, 5.41) is 8.84. The Morgan fingerprint density at radius 2 is 2.12 bits per heavy atom. The number of nitrogens with zero attached hydrogens (tertiary/aromatic N) is 1. The molecule has 0 saturated carbocycles. The van der Waals surface area contributed by atoms with E-state index in [1.165, 1.54) is 0 Å². The van der Waals surface area contributed by atoms with Crippen LogP contribution in [0.1, 0.15) is 12.8 Å². The number of ether oxygens (including phenoxy) is 1. The molecule has 1 atom stereocenters. The van der Waals surface area contributed by atoms with E-state index in [1.54, 1.807) is 0 Å². The van der Waals surface area contributed by atoms with Gasteiger partial charge in [-0.05, 0) is 12.8 Å². The molecule has 0 unspecified atom stereocenters. The van der Waals surface area contributed by atoms with Crippen LogP contribution in [0.4, 0.5) is 0 Å². The maximum Gasteiger partial charge on any atom is 0.322 e. The number of methoxy groups -OCH3 is 1. The molecule has 0 aromatic heterocycles. The molecule has 1 aliphatic rings. The summed E-state index contributed by atoms with van der Waals surface area (Å²) >= 11 is 0. The average molecular weight is 265 g/mol. The van der Waals surface area contributed by atoms with Crippen LogP contribution in [0.2, 0.25) is 0 Å². The molecule has 1 N–H and O–H groups in total. The average Bonchev–Trinajstić information content (AvgIpc) is 2.28. The number of sulfonamides is 1. The Morgan fingerprint density at radius 1 is 1.47 bits per heavy atom. The van der Waals surface area contributed by atoms with Gasteiger partial charge in [0.15, 0.2) is 5.75 Å². The first kappa shape index (κ1) is 13.9. The highest BCUT2D eigenvalue weighted by molar-refractivity contribution is 7.89. The highest BCUT2D eigenvalue weighted by Gasteiger charge is 2.33. The van der Waals surface area contributed by atoms with Crippen molar-refractivity contribution in [1.82, 2.24) is 4.31 Å². The van der Waals surface area contributed by atoms with E-state index in [9.17, 15) is 18.0 Å². The summed E-state index contributed by atoms with van der Waals surface area (Å²) in [4.78, 5) is 21.7. The maximum atomic E-state index is 11.8. The van der Waals surface area contributed by atoms with Gasteiger partial charge in [-0.3, -0.25) is 9.59 Å². The number of hydrogen-bond donors (Lipinski definition) is 1. The molecule has 0 amide bonds. The summed E-state index contributed by atoms with van der Waals surface area (Å²) < 4.78 is 28.8. The molecule has 1 fully saturated rings. The molecule has 0 bridgehead atoms. The third-order valence-corrected chi connectivity index (χ3v) is 4.37. The van der Waals surface area contributed by atoms with Crippen molar-refractivity contribution in [2.45, 2.75) is 12.8 Å². The monoisotopic (exact) mass is 265 g/mol. The Labute approximate surface area is 99.4 Å². The number of hydrogen-bond acceptors (Lipinski definition) is 5. The summed E-state index contributed by atoms with van der Waals surface area (Å²) in [6, 6.07) is 0. The van der Waals surface area contributed by atoms with Crippen molar-refractivity contribution in [2.75, 3.05) is 26.0 Å². The number of carbonyl (C=O) groups excluding carboxylic acids is 1. The number of piperidine rings is 1. The van der Waals surface area contributed by atoms with Gasteiger partial charge in [-0.15, -0.1) is 0 Å². The number of aliphatic carboxylic acids is 1. The van der Waals surface area contributed by atoms with E-state index in [2.05, 4.69) is 4.74 Å². The second-order valence-electron chi connectivity index (χ2n) is 3.87. The van der Waals surface area contributed by atoms with Gasteiger partial charge in [0.2, 0.25) is 10.0 Å². The normalized spacial score (nSPS) is 22.1. The first-order valence-corrected chi connectivity index (χ1v) is 6.75. The van der Waals surface area contributed by atoms with E-state index in [0.717, 1.165) is 11.4 Å². The van der Waals surface area contributed by atoms with Gasteiger partial charge in [0, 0.05) is 13.1 Å². The number of rotatable bonds is 4. The van der Waals surface area contributed by atoms with E-state index >= 15 is 0 Å². The summed E-state index contributed by atoms with van der Waals surface area (Å²) in [6.45, 7) is 0.178. The van der Waals surface area contributed by atoms with Crippen LogP contribution >= 0.6 is 0 Å². The summed E-state index contributed by atoms with van der Waals surface area (Å²) in [7, 11) is -2.66. The molecule has 0 aliphatic carbocycles. The van der Waals surface area contributed by atoms with Gasteiger partial charge in [0.1, 0.15) is 0 Å². The van der Waals surface area contributed by atoms with Gasteiger partial charge >= 0.3 is 11.9 Å². The lowest BCUT2D eigenvalue weighted by atomic mass is 10.0. The standard InChI is InChI=1S/C9H15NO6S/c1-16-8(11)6-17(14,15)10-4-2-3-7(5-10)9(12)13/h7H,2-6H2,1H3,(H,12,13)/t7-/m1/s1. The number of carboxylic acids is 1. The highest BCUT2D eigenvalue weighted by Crippen LogP contribution is 2.19. The second kappa shape index (κ2) is 5.46. The third kappa shape index (κ3) is 3.67. The lowest BCUT2D eigenvalue weighted by Gasteiger charge is -2.29. The number of carbonyl (C=O) groups is 2. The minimum atomic E-state index is -3.77. The zero-order valence-corrected chi connectivity index (χ0v) is 10.3. The topological polar surface area (TPSA) is 101 Å². The molecule has 8 heteroatoms. The van der Waals surface area contributed by atoms with Crippen LogP contribution in [0.3, 0.4) is 0 Å². The Bertz CT molecular complexity index is 404. The van der Waals surface area contributed by atoms with Gasteiger partial charge in [-0.25, -0.2) is 12.7 Å². The fourth-order valence-electron chi connectivity index (χ4n) is 1.70. The van der Waals surface area contributed by atoms with E-state index in [-0.39, 0.29) is 13.1 Å². The van der Waals surface area contributed by atoms with Crippen LogP contribution < -0.4 is 0 Å². The van der Waals surface area contributed by atoms with Crippen LogP contribution in [0.5, 0.6) is 0 Å². The molecular formula is C9H15NO6S. The molecular weight excluding hydrogens is 250 g/mol. The lowest BCUT2D eigenvalue weighted by Crippen LogP contribution is -2.44. The van der Waals surface area contributed by atoms with E-state index in [0.29, 0.717) is 12.8 Å². The Morgan fingerprint density at radius 3 is 2.65 bits per heavy atom. The Hall–Kier alpha value is -1.15. The van der Waals surface area contributed by atoms with Crippen molar-refractivity contribution in [3.05, 3.63) is 0 Å². The predicted octanol–water partition coefficient (Wildman–Crippen LogP) is -0.714. The zero-order valence-electron chi connectivity index (χ0n) is 9.46. The smallest absolute Gasteiger partial charge is 0.322 e. The summed E-state index contributed by atoms with van der Waals surface area (Å²) in [6.07, 6.45) is 0.941. The van der Waals surface area contributed by atoms with Crippen molar-refractivity contribution in [3.63, 3.8) is 0 Å². The van der Waals surface area contributed by atoms with Crippen molar-refractivity contribution in [3.8, 4) is 0 Å². The van der Waals surface area contributed by atoms with Crippen LogP contribution in [0.15, 0.2) is 0 Å². The van der Waals surface area contributed by atoms with Crippen LogP contribution in [-0.2, 0) is 24.3 Å². The quantitative estimate of drug-likeness (QED) is 0.673. The summed E-state index contributed by atoms with van der Waals surface area (Å²) in [5.41, 5.74) is 0. The van der Waals surface area contributed by atoms with Gasteiger partial charge in [0.05, 0.1) is 13.0 Å². The predicted molar refractivity (Wildman–Crippen MR) is 57.7 cm³/mol. The molecule has 0 aromatic carbocycles. The van der Waals surface area contributed by atoms with Crippen LogP contribution in [-0.4, -0.2) is 55.7 Å². The van der Waals surface area contributed by atoms with Crippen LogP contribution in [0.25, 0.3) is 0 Å². The Balaban J connectivity index is 2.71. The largest absolute Gasteiger partial charge is 0.481 e. The van der Waals surface area contributed by atoms with Gasteiger partial charge < -0.3 is 9.84 Å². The zero-order chi connectivity index (χ0) is 13.1. The molecule has 0 aromatic rings. The molecule has 1 heterocycles. The molecule has 1 rings (SSSR count). The van der Waals surface area contributed by atoms with Crippen molar-refractivity contribution < 1.29 is 27.9 Å². The highest BCUT2D eigenvalue weighted by atomic mass is 32.2. The van der Waals surface area contributed by atoms with Gasteiger partial charge in [-0.1, -0.05) is 0 Å². The third-order valence-electron chi connectivity index (χ3n) is 2.65. The van der Waals surface area contributed by atoms with E-state index in [4.69, 9.17) is 5.11 Å². The Kier molecular flexibility index (Phi) is 4.47. The van der Waals surface area contributed by atoms with Gasteiger partial charge in [0.25, 0.3) is 0 Å². The van der Waals surface area contributed by atoms with E-state index < -0.39 is 33.6 Å².